The molecule has 346 valence electrons. The molecule has 0 aliphatic carbocycles. The monoisotopic (exact) mass is 818 g/mol. The average molecular weight is 818 g/mol. The van der Waals surface area contributed by atoms with Gasteiger partial charge in [0.1, 0.15) is 5.78 Å². The molecule has 1 unspecified atom stereocenters. The van der Waals surface area contributed by atoms with E-state index in [1.165, 1.54) is 250 Å². The second-order valence-corrected chi connectivity index (χ2v) is 18.9. The van der Waals surface area contributed by atoms with Crippen LogP contribution in [-0.2, 0) is 9.59 Å². The van der Waals surface area contributed by atoms with Gasteiger partial charge < -0.3 is 10.4 Å². The molecule has 0 aromatic heterocycles. The third-order valence-electron chi connectivity index (χ3n) is 12.9. The Morgan fingerprint density at radius 2 is 0.552 bits per heavy atom. The Balaban J connectivity index is 3.35. The molecule has 1 atom stereocenters. The molecule has 0 rings (SSSR count). The van der Waals surface area contributed by atoms with Crippen molar-refractivity contribution in [2.45, 2.75) is 328 Å². The van der Waals surface area contributed by atoms with Crippen LogP contribution in [0.1, 0.15) is 322 Å². The largest absolute Gasteiger partial charge is 0.394 e. The Hall–Kier alpha value is -0.900. The fourth-order valence-corrected chi connectivity index (χ4v) is 8.82. The third-order valence-corrected chi connectivity index (χ3v) is 12.9. The molecule has 0 heterocycles. The second kappa shape index (κ2) is 50.5. The highest BCUT2D eigenvalue weighted by Gasteiger charge is 2.11. The predicted octanol–water partition coefficient (Wildman–Crippen LogP) is 17.8. The summed E-state index contributed by atoms with van der Waals surface area (Å²) in [5, 5.41) is 12.8. The number of amides is 1. The summed E-state index contributed by atoms with van der Waals surface area (Å²) in [5.41, 5.74) is 0. The zero-order chi connectivity index (χ0) is 42.1. The van der Waals surface area contributed by atoms with Crippen molar-refractivity contribution >= 4 is 11.7 Å². The van der Waals surface area contributed by atoms with Crippen molar-refractivity contribution in [1.82, 2.24) is 5.32 Å². The van der Waals surface area contributed by atoms with E-state index >= 15 is 0 Å². The highest BCUT2D eigenvalue weighted by atomic mass is 16.3. The Kier molecular flexibility index (Phi) is 49.7. The maximum Gasteiger partial charge on any atom is 0.220 e. The van der Waals surface area contributed by atoms with Crippen molar-refractivity contribution in [2.75, 3.05) is 6.61 Å². The standard InChI is InChI=1S/C54H107NO3/c1-3-5-7-9-11-13-15-17-19-20-21-24-28-32-36-40-44-48-53(57)49-45-41-37-33-29-25-22-26-30-34-38-42-46-50-54(58)55-52(51-56)47-43-39-35-31-27-23-18-16-14-12-10-8-6-4-2/h52,56H,3-51H2,1-2H3,(H,55,58). The summed E-state index contributed by atoms with van der Waals surface area (Å²) in [6, 6.07) is -0.0674. The van der Waals surface area contributed by atoms with Gasteiger partial charge in [-0.05, 0) is 25.7 Å². The van der Waals surface area contributed by atoms with Crippen LogP contribution in [0, 0.1) is 0 Å². The van der Waals surface area contributed by atoms with Crippen molar-refractivity contribution in [3.05, 3.63) is 0 Å². The molecule has 0 saturated carbocycles. The number of hydrogen-bond acceptors (Lipinski definition) is 3. The van der Waals surface area contributed by atoms with Gasteiger partial charge in [-0.2, -0.15) is 0 Å². The molecular weight excluding hydrogens is 711 g/mol. The molecule has 4 heteroatoms. The Bertz CT molecular complexity index is 799. The fraction of sp³-hybridized carbons (Fsp3) is 0.963. The van der Waals surface area contributed by atoms with Crippen LogP contribution in [0.4, 0.5) is 0 Å². The van der Waals surface area contributed by atoms with Crippen LogP contribution in [-0.4, -0.2) is 29.4 Å². The number of rotatable bonds is 51. The molecule has 1 amide bonds. The van der Waals surface area contributed by atoms with Crippen LogP contribution in [0.15, 0.2) is 0 Å². The zero-order valence-electron chi connectivity index (χ0n) is 40.0. The number of carbonyl (C=O) groups is 2. The van der Waals surface area contributed by atoms with E-state index in [9.17, 15) is 14.7 Å². The van der Waals surface area contributed by atoms with Gasteiger partial charge in [-0.1, -0.05) is 277 Å². The van der Waals surface area contributed by atoms with Gasteiger partial charge >= 0.3 is 0 Å². The zero-order valence-corrected chi connectivity index (χ0v) is 40.0. The molecule has 0 saturated heterocycles. The van der Waals surface area contributed by atoms with E-state index in [1.807, 2.05) is 0 Å². The topological polar surface area (TPSA) is 66.4 Å². The van der Waals surface area contributed by atoms with Crippen molar-refractivity contribution in [2.24, 2.45) is 0 Å². The summed E-state index contributed by atoms with van der Waals surface area (Å²) in [5.74, 6) is 0.627. The van der Waals surface area contributed by atoms with Gasteiger partial charge in [0, 0.05) is 19.3 Å². The minimum atomic E-state index is -0.0674. The number of ketones is 1. The molecule has 0 fully saturated rings. The van der Waals surface area contributed by atoms with Crippen LogP contribution in [0.3, 0.4) is 0 Å². The van der Waals surface area contributed by atoms with Crippen LogP contribution < -0.4 is 5.32 Å². The average Bonchev–Trinajstić information content (AvgIpc) is 3.22. The molecule has 0 aliphatic heterocycles. The maximum absolute atomic E-state index is 12.4. The molecule has 58 heavy (non-hydrogen) atoms. The maximum atomic E-state index is 12.4. The molecule has 0 aromatic carbocycles. The molecule has 0 aliphatic rings. The lowest BCUT2D eigenvalue weighted by molar-refractivity contribution is -0.122. The van der Waals surface area contributed by atoms with Crippen molar-refractivity contribution in [3.63, 3.8) is 0 Å². The molecular formula is C54H107NO3. The van der Waals surface area contributed by atoms with Crippen molar-refractivity contribution in [3.8, 4) is 0 Å². The molecule has 0 spiro atoms. The van der Waals surface area contributed by atoms with Crippen LogP contribution >= 0.6 is 0 Å². The first kappa shape index (κ1) is 57.1. The molecule has 0 bridgehead atoms. The SMILES string of the molecule is CCCCCCCCCCCCCCCCCCCC(=O)CCCCCCCCCCCCCCCC(=O)NC(CO)CCCCCCCCCCCCCCCC. The van der Waals surface area contributed by atoms with Gasteiger partial charge in [-0.25, -0.2) is 0 Å². The Labute approximate surface area is 365 Å². The lowest BCUT2D eigenvalue weighted by atomic mass is 10.0. The van der Waals surface area contributed by atoms with Gasteiger partial charge in [-0.3, -0.25) is 9.59 Å². The van der Waals surface area contributed by atoms with Gasteiger partial charge in [-0.15, -0.1) is 0 Å². The predicted molar refractivity (Wildman–Crippen MR) is 257 cm³/mol. The minimum Gasteiger partial charge on any atom is -0.394 e. The van der Waals surface area contributed by atoms with Crippen LogP contribution in [0.5, 0.6) is 0 Å². The number of nitrogens with one attached hydrogen (secondary N) is 1. The summed E-state index contributed by atoms with van der Waals surface area (Å²) in [4.78, 5) is 24.7. The van der Waals surface area contributed by atoms with Crippen molar-refractivity contribution < 1.29 is 14.7 Å². The van der Waals surface area contributed by atoms with E-state index in [2.05, 4.69) is 19.2 Å². The van der Waals surface area contributed by atoms with Gasteiger partial charge in [0.2, 0.25) is 5.91 Å². The first-order valence-electron chi connectivity index (χ1n) is 27.1. The molecule has 2 N–H and O–H groups in total. The van der Waals surface area contributed by atoms with Crippen molar-refractivity contribution in [1.29, 1.82) is 0 Å². The quantitative estimate of drug-likeness (QED) is 0.0601. The van der Waals surface area contributed by atoms with E-state index in [4.69, 9.17) is 0 Å². The van der Waals surface area contributed by atoms with E-state index < -0.39 is 0 Å². The molecule has 4 nitrogen and oxygen atoms in total. The van der Waals surface area contributed by atoms with E-state index in [1.54, 1.807) is 0 Å². The summed E-state index contributed by atoms with van der Waals surface area (Å²) in [7, 11) is 0. The highest BCUT2D eigenvalue weighted by molar-refractivity contribution is 5.78. The van der Waals surface area contributed by atoms with Crippen LogP contribution in [0.25, 0.3) is 0 Å². The van der Waals surface area contributed by atoms with Gasteiger partial charge in [0.15, 0.2) is 0 Å². The van der Waals surface area contributed by atoms with E-state index in [0.717, 1.165) is 51.4 Å². The number of Topliss-reactive ketones (excluding diaryl/α,β-unsaturated/α-hetero) is 1. The summed E-state index contributed by atoms with van der Waals surface area (Å²) in [6.45, 7) is 4.64. The summed E-state index contributed by atoms with van der Waals surface area (Å²) < 4.78 is 0. The number of hydrogen-bond donors (Lipinski definition) is 2. The van der Waals surface area contributed by atoms with E-state index in [0.29, 0.717) is 12.2 Å². The fourth-order valence-electron chi connectivity index (χ4n) is 8.82. The number of carbonyl (C=O) groups excluding carboxylic acids is 2. The number of unbranched alkanes of at least 4 members (excludes halogenated alkanes) is 41. The Morgan fingerprint density at radius 3 is 0.810 bits per heavy atom. The molecule has 0 aromatic rings. The number of aliphatic hydroxyl groups is 1. The number of aliphatic hydroxyl groups excluding tert-OH is 1. The van der Waals surface area contributed by atoms with E-state index in [-0.39, 0.29) is 18.6 Å². The minimum absolute atomic E-state index is 0.0604. The van der Waals surface area contributed by atoms with Gasteiger partial charge in [0.05, 0.1) is 12.6 Å². The third kappa shape index (κ3) is 47.8. The first-order valence-corrected chi connectivity index (χ1v) is 27.1. The normalized spacial score (nSPS) is 12.1. The van der Waals surface area contributed by atoms with Gasteiger partial charge in [0.25, 0.3) is 0 Å². The Morgan fingerprint density at radius 1 is 0.328 bits per heavy atom. The smallest absolute Gasteiger partial charge is 0.220 e. The first-order chi connectivity index (χ1) is 28.6. The lowest BCUT2D eigenvalue weighted by Crippen LogP contribution is -2.37. The highest BCUT2D eigenvalue weighted by Crippen LogP contribution is 2.18. The second-order valence-electron chi connectivity index (χ2n) is 18.9. The summed E-state index contributed by atoms with van der Waals surface area (Å²) >= 11 is 0. The molecule has 0 radical (unpaired) electrons. The lowest BCUT2D eigenvalue weighted by Gasteiger charge is -2.16. The summed E-state index contributed by atoms with van der Waals surface area (Å²) in [6.07, 6.45) is 61.9. The van der Waals surface area contributed by atoms with Crippen LogP contribution in [0.2, 0.25) is 0 Å².